The van der Waals surface area contributed by atoms with Crippen LogP contribution in [-0.4, -0.2) is 43.8 Å². The maximum Gasteiger partial charge on any atom is 0.416 e. The van der Waals surface area contributed by atoms with Crippen molar-refractivity contribution in [1.82, 2.24) is 5.32 Å². The Balaban J connectivity index is 0.00000114. The molecular weight excluding hydrogens is 369 g/mol. The SMILES string of the molecule is NCCOCCNC(=O)c1ccc(-c2ccc(C(F)(F)F)cc2)o1.O=CO. The molecule has 0 aliphatic heterocycles. The molecule has 1 aromatic heterocycles. The zero-order valence-electron chi connectivity index (χ0n) is 14.2. The monoisotopic (exact) mass is 388 g/mol. The summed E-state index contributed by atoms with van der Waals surface area (Å²) in [7, 11) is 0. The molecule has 4 N–H and O–H groups in total. The number of ether oxygens (including phenoxy) is 1. The number of hydrogen-bond donors (Lipinski definition) is 3. The number of hydrogen-bond acceptors (Lipinski definition) is 5. The second kappa shape index (κ2) is 11.0. The number of carbonyl (C=O) groups is 2. The maximum atomic E-state index is 12.5. The highest BCUT2D eigenvalue weighted by Crippen LogP contribution is 2.31. The van der Waals surface area contributed by atoms with E-state index >= 15 is 0 Å². The first-order valence-electron chi connectivity index (χ1n) is 7.74. The lowest BCUT2D eigenvalue weighted by Gasteiger charge is -2.06. The van der Waals surface area contributed by atoms with Crippen molar-refractivity contribution in [2.45, 2.75) is 6.18 Å². The predicted octanol–water partition coefficient (Wildman–Crippen LogP) is 2.37. The Morgan fingerprint density at radius 2 is 1.81 bits per heavy atom. The standard InChI is InChI=1S/C16H17F3N2O3.CH2O2/c17-16(18,19)12-3-1-11(2-4-12)13-5-6-14(24-13)15(22)21-8-10-23-9-7-20;2-1-3/h1-6H,7-10,20H2,(H,21,22);1H,(H,2,3). The van der Waals surface area contributed by atoms with Gasteiger partial charge in [0.25, 0.3) is 12.4 Å². The second-order valence-corrected chi connectivity index (χ2v) is 5.00. The molecule has 1 amide bonds. The second-order valence-electron chi connectivity index (χ2n) is 5.00. The van der Waals surface area contributed by atoms with E-state index in [9.17, 15) is 18.0 Å². The van der Waals surface area contributed by atoms with E-state index in [2.05, 4.69) is 5.32 Å². The summed E-state index contributed by atoms with van der Waals surface area (Å²) < 4.78 is 48.1. The Bertz CT molecular complexity index is 714. The fourth-order valence-electron chi connectivity index (χ4n) is 1.95. The summed E-state index contributed by atoms with van der Waals surface area (Å²) in [6, 6.07) is 7.51. The first kappa shape index (κ1) is 22.2. The molecule has 0 saturated carbocycles. The third kappa shape index (κ3) is 7.50. The molecule has 0 unspecified atom stereocenters. The van der Waals surface area contributed by atoms with Crippen LogP contribution < -0.4 is 11.1 Å². The molecule has 1 heterocycles. The highest BCUT2D eigenvalue weighted by atomic mass is 19.4. The molecule has 0 spiro atoms. The number of halogens is 3. The summed E-state index contributed by atoms with van der Waals surface area (Å²) in [5.41, 5.74) is 4.97. The third-order valence-corrected chi connectivity index (χ3v) is 3.12. The average Bonchev–Trinajstić information content (AvgIpc) is 3.12. The molecule has 2 rings (SSSR count). The number of benzene rings is 1. The highest BCUT2D eigenvalue weighted by Gasteiger charge is 2.30. The summed E-state index contributed by atoms with van der Waals surface area (Å²) >= 11 is 0. The van der Waals surface area contributed by atoms with Crippen molar-refractivity contribution in [3.8, 4) is 11.3 Å². The van der Waals surface area contributed by atoms with Crippen LogP contribution in [0.15, 0.2) is 40.8 Å². The first-order chi connectivity index (χ1) is 12.8. The average molecular weight is 388 g/mol. The quantitative estimate of drug-likeness (QED) is 0.496. The summed E-state index contributed by atoms with van der Waals surface area (Å²) in [6.07, 6.45) is -4.39. The van der Waals surface area contributed by atoms with Crippen LogP contribution in [0.5, 0.6) is 0 Å². The van der Waals surface area contributed by atoms with E-state index in [0.29, 0.717) is 37.6 Å². The number of amides is 1. The van der Waals surface area contributed by atoms with Crippen LogP contribution in [0.4, 0.5) is 13.2 Å². The van der Waals surface area contributed by atoms with E-state index in [1.165, 1.54) is 24.3 Å². The number of carbonyl (C=O) groups excluding carboxylic acids is 1. The van der Waals surface area contributed by atoms with Gasteiger partial charge in [0.1, 0.15) is 5.76 Å². The van der Waals surface area contributed by atoms with E-state index in [1.807, 2.05) is 0 Å². The zero-order chi connectivity index (χ0) is 20.3. The molecule has 10 heteroatoms. The van der Waals surface area contributed by atoms with Crippen LogP contribution in [0.3, 0.4) is 0 Å². The molecule has 0 aliphatic carbocycles. The Morgan fingerprint density at radius 3 is 2.37 bits per heavy atom. The summed E-state index contributed by atoms with van der Waals surface area (Å²) in [6.45, 7) is 1.20. The Hall–Kier alpha value is -2.85. The van der Waals surface area contributed by atoms with Gasteiger partial charge < -0.3 is 25.3 Å². The van der Waals surface area contributed by atoms with E-state index < -0.39 is 17.6 Å². The van der Waals surface area contributed by atoms with Gasteiger partial charge in [0, 0.05) is 18.7 Å². The predicted molar refractivity (Wildman–Crippen MR) is 90.0 cm³/mol. The van der Waals surface area contributed by atoms with Gasteiger partial charge in [-0.2, -0.15) is 13.2 Å². The fraction of sp³-hybridized carbons (Fsp3) is 0.294. The minimum atomic E-state index is -4.39. The topological polar surface area (TPSA) is 115 Å². The lowest BCUT2D eigenvalue weighted by molar-refractivity contribution is -0.137. The van der Waals surface area contributed by atoms with E-state index in [4.69, 9.17) is 24.8 Å². The van der Waals surface area contributed by atoms with E-state index in [1.54, 1.807) is 0 Å². The van der Waals surface area contributed by atoms with Crippen LogP contribution in [0.1, 0.15) is 16.1 Å². The first-order valence-corrected chi connectivity index (χ1v) is 7.74. The lowest BCUT2D eigenvalue weighted by atomic mass is 10.1. The van der Waals surface area contributed by atoms with Crippen molar-refractivity contribution in [1.29, 1.82) is 0 Å². The van der Waals surface area contributed by atoms with Gasteiger partial charge >= 0.3 is 6.18 Å². The van der Waals surface area contributed by atoms with Gasteiger partial charge in [0.15, 0.2) is 5.76 Å². The molecular formula is C17H19F3N2O5. The molecule has 0 radical (unpaired) electrons. The molecule has 27 heavy (non-hydrogen) atoms. The van der Waals surface area contributed by atoms with Crippen molar-refractivity contribution in [3.63, 3.8) is 0 Å². The van der Waals surface area contributed by atoms with E-state index in [0.717, 1.165) is 12.1 Å². The van der Waals surface area contributed by atoms with Crippen molar-refractivity contribution >= 4 is 12.4 Å². The molecule has 2 aromatic rings. The fourth-order valence-corrected chi connectivity index (χ4v) is 1.95. The number of furan rings is 1. The molecule has 1 aromatic carbocycles. The minimum Gasteiger partial charge on any atom is -0.483 e. The van der Waals surface area contributed by atoms with Crippen molar-refractivity contribution < 1.29 is 37.0 Å². The lowest BCUT2D eigenvalue weighted by Crippen LogP contribution is -2.27. The molecule has 0 saturated heterocycles. The number of nitrogens with one attached hydrogen (secondary N) is 1. The summed E-state index contributed by atoms with van der Waals surface area (Å²) in [5.74, 6) is -0.0403. The Kier molecular flexibility index (Phi) is 9.03. The summed E-state index contributed by atoms with van der Waals surface area (Å²) in [5, 5.41) is 9.49. The number of carboxylic acid groups (broad SMARTS) is 1. The van der Waals surface area contributed by atoms with Crippen LogP contribution >= 0.6 is 0 Å². The Labute approximate surface area is 152 Å². The van der Waals surface area contributed by atoms with Gasteiger partial charge in [-0.05, 0) is 24.3 Å². The molecule has 148 valence electrons. The molecule has 7 nitrogen and oxygen atoms in total. The Morgan fingerprint density at radius 1 is 1.19 bits per heavy atom. The van der Waals surface area contributed by atoms with Crippen LogP contribution in [0.2, 0.25) is 0 Å². The molecule has 0 aliphatic rings. The zero-order valence-corrected chi connectivity index (χ0v) is 14.2. The maximum absolute atomic E-state index is 12.5. The molecule has 0 fully saturated rings. The number of rotatable bonds is 7. The van der Waals surface area contributed by atoms with E-state index in [-0.39, 0.29) is 12.2 Å². The van der Waals surface area contributed by atoms with Crippen LogP contribution in [0, 0.1) is 0 Å². The van der Waals surface area contributed by atoms with Crippen LogP contribution in [0.25, 0.3) is 11.3 Å². The molecule has 0 bridgehead atoms. The van der Waals surface area contributed by atoms with Crippen molar-refractivity contribution in [2.75, 3.05) is 26.3 Å². The number of alkyl halides is 3. The van der Waals surface area contributed by atoms with Gasteiger partial charge in [-0.15, -0.1) is 0 Å². The highest BCUT2D eigenvalue weighted by molar-refractivity contribution is 5.92. The van der Waals surface area contributed by atoms with Crippen LogP contribution in [-0.2, 0) is 15.7 Å². The van der Waals surface area contributed by atoms with Gasteiger partial charge in [-0.25, -0.2) is 0 Å². The normalized spacial score (nSPS) is 10.7. The van der Waals surface area contributed by atoms with Crippen molar-refractivity contribution in [2.24, 2.45) is 5.73 Å². The molecule has 0 atom stereocenters. The van der Waals surface area contributed by atoms with Crippen molar-refractivity contribution in [3.05, 3.63) is 47.7 Å². The largest absolute Gasteiger partial charge is 0.483 e. The van der Waals surface area contributed by atoms with Gasteiger partial charge in [0.2, 0.25) is 0 Å². The number of nitrogens with two attached hydrogens (primary N) is 1. The smallest absolute Gasteiger partial charge is 0.416 e. The van der Waals surface area contributed by atoms with Gasteiger partial charge in [-0.1, -0.05) is 12.1 Å². The summed E-state index contributed by atoms with van der Waals surface area (Å²) in [4.78, 5) is 20.2. The van der Waals surface area contributed by atoms with Gasteiger partial charge in [-0.3, -0.25) is 9.59 Å². The minimum absolute atomic E-state index is 0.0729. The third-order valence-electron chi connectivity index (χ3n) is 3.12. The van der Waals surface area contributed by atoms with Gasteiger partial charge in [0.05, 0.1) is 18.8 Å².